The number of anilines is 1. The molecule has 1 unspecified atom stereocenters. The van der Waals surface area contributed by atoms with Crippen molar-refractivity contribution in [1.82, 2.24) is 0 Å². The van der Waals surface area contributed by atoms with Crippen LogP contribution in [0.5, 0.6) is 0 Å². The van der Waals surface area contributed by atoms with Crippen molar-refractivity contribution in [2.24, 2.45) is 0 Å². The molecule has 15 heavy (non-hydrogen) atoms. The number of carbonyl (C=O) groups is 1. The van der Waals surface area contributed by atoms with Gasteiger partial charge in [0, 0.05) is 18.5 Å². The molecule has 0 radical (unpaired) electrons. The van der Waals surface area contributed by atoms with Gasteiger partial charge >= 0.3 is 5.97 Å². The van der Waals surface area contributed by atoms with Crippen molar-refractivity contribution in [1.29, 1.82) is 0 Å². The molecular weight excluding hydrogens is 190 g/mol. The van der Waals surface area contributed by atoms with Gasteiger partial charge in [-0.2, -0.15) is 0 Å². The Balaban J connectivity index is 2.02. The molecule has 1 aromatic rings. The fourth-order valence-electron chi connectivity index (χ4n) is 1.74. The van der Waals surface area contributed by atoms with Crippen LogP contribution >= 0.6 is 0 Å². The van der Waals surface area contributed by atoms with Crippen LogP contribution < -0.4 is 5.32 Å². The molecule has 0 aromatic heterocycles. The molecule has 0 saturated carbocycles. The SMILES string of the molecule is CCC(=O)OC1CCc2ccccc2N1. The molecule has 1 heterocycles. The number of esters is 1. The second kappa shape index (κ2) is 4.34. The average molecular weight is 205 g/mol. The Kier molecular flexibility index (Phi) is 2.90. The standard InChI is InChI=1S/C12H15NO2/c1-2-12(14)15-11-8-7-9-5-3-4-6-10(9)13-11/h3-6,11,13H,2,7-8H2,1H3. The van der Waals surface area contributed by atoms with Crippen LogP contribution in [0.2, 0.25) is 0 Å². The molecule has 1 aliphatic heterocycles. The lowest BCUT2D eigenvalue weighted by molar-refractivity contribution is -0.147. The van der Waals surface area contributed by atoms with Gasteiger partial charge in [-0.05, 0) is 18.1 Å². The fraction of sp³-hybridized carbons (Fsp3) is 0.417. The first-order valence-electron chi connectivity index (χ1n) is 5.33. The summed E-state index contributed by atoms with van der Waals surface area (Å²) >= 11 is 0. The highest BCUT2D eigenvalue weighted by Crippen LogP contribution is 2.24. The molecule has 0 saturated heterocycles. The molecule has 80 valence electrons. The molecule has 1 aromatic carbocycles. The number of aryl methyl sites for hydroxylation is 1. The van der Waals surface area contributed by atoms with Crippen molar-refractivity contribution in [3.8, 4) is 0 Å². The Hall–Kier alpha value is -1.51. The second-order valence-electron chi connectivity index (χ2n) is 3.67. The van der Waals surface area contributed by atoms with Crippen molar-refractivity contribution in [2.75, 3.05) is 5.32 Å². The Labute approximate surface area is 89.4 Å². The third kappa shape index (κ3) is 2.29. The second-order valence-corrected chi connectivity index (χ2v) is 3.67. The number of hydrogen-bond donors (Lipinski definition) is 1. The van der Waals surface area contributed by atoms with E-state index in [4.69, 9.17) is 4.74 Å². The lowest BCUT2D eigenvalue weighted by atomic mass is 10.0. The van der Waals surface area contributed by atoms with Gasteiger partial charge in [-0.1, -0.05) is 25.1 Å². The van der Waals surface area contributed by atoms with Crippen molar-refractivity contribution >= 4 is 11.7 Å². The molecule has 1 N–H and O–H groups in total. The van der Waals surface area contributed by atoms with Gasteiger partial charge in [0.1, 0.15) is 0 Å². The van der Waals surface area contributed by atoms with E-state index in [0.29, 0.717) is 6.42 Å². The van der Waals surface area contributed by atoms with E-state index >= 15 is 0 Å². The normalized spacial score (nSPS) is 18.9. The molecule has 1 atom stereocenters. The summed E-state index contributed by atoms with van der Waals surface area (Å²) in [5, 5.41) is 3.22. The number of para-hydroxylation sites is 1. The first kappa shape index (κ1) is 10.0. The number of hydrogen-bond acceptors (Lipinski definition) is 3. The maximum Gasteiger partial charge on any atom is 0.307 e. The van der Waals surface area contributed by atoms with E-state index in [1.54, 1.807) is 6.92 Å². The van der Waals surface area contributed by atoms with E-state index in [-0.39, 0.29) is 12.2 Å². The quantitative estimate of drug-likeness (QED) is 0.753. The van der Waals surface area contributed by atoms with Crippen LogP contribution in [0.15, 0.2) is 24.3 Å². The highest BCUT2D eigenvalue weighted by Gasteiger charge is 2.19. The van der Waals surface area contributed by atoms with Gasteiger partial charge in [-0.15, -0.1) is 0 Å². The minimum Gasteiger partial charge on any atom is -0.442 e. The zero-order valence-electron chi connectivity index (χ0n) is 8.82. The molecule has 0 amide bonds. The van der Waals surface area contributed by atoms with Crippen LogP contribution in [0.25, 0.3) is 0 Å². The summed E-state index contributed by atoms with van der Waals surface area (Å²) in [4.78, 5) is 11.1. The Morgan fingerprint density at radius 3 is 3.13 bits per heavy atom. The number of carbonyl (C=O) groups excluding carboxylic acids is 1. The third-order valence-corrected chi connectivity index (χ3v) is 2.57. The summed E-state index contributed by atoms with van der Waals surface area (Å²) < 4.78 is 5.25. The highest BCUT2D eigenvalue weighted by atomic mass is 16.6. The third-order valence-electron chi connectivity index (χ3n) is 2.57. The lowest BCUT2D eigenvalue weighted by Crippen LogP contribution is -2.30. The van der Waals surface area contributed by atoms with E-state index in [1.807, 2.05) is 18.2 Å². The lowest BCUT2D eigenvalue weighted by Gasteiger charge is -2.26. The van der Waals surface area contributed by atoms with Crippen LogP contribution in [0.1, 0.15) is 25.3 Å². The maximum absolute atomic E-state index is 11.1. The average Bonchev–Trinajstić information content (AvgIpc) is 2.29. The van der Waals surface area contributed by atoms with Crippen LogP contribution in [-0.4, -0.2) is 12.2 Å². The van der Waals surface area contributed by atoms with E-state index in [2.05, 4.69) is 11.4 Å². The van der Waals surface area contributed by atoms with Crippen molar-refractivity contribution in [2.45, 2.75) is 32.4 Å². The van der Waals surface area contributed by atoms with Crippen LogP contribution in [0, 0.1) is 0 Å². The molecule has 0 spiro atoms. The Bertz CT molecular complexity index is 362. The van der Waals surface area contributed by atoms with Gasteiger partial charge in [0.2, 0.25) is 0 Å². The first-order chi connectivity index (χ1) is 7.29. The number of rotatable bonds is 2. The molecule has 2 rings (SSSR count). The minimum absolute atomic E-state index is 0.146. The number of nitrogens with one attached hydrogen (secondary N) is 1. The van der Waals surface area contributed by atoms with Gasteiger partial charge in [-0.25, -0.2) is 0 Å². The van der Waals surface area contributed by atoms with E-state index in [0.717, 1.165) is 18.5 Å². The highest BCUT2D eigenvalue weighted by molar-refractivity contribution is 5.69. The Morgan fingerprint density at radius 2 is 2.33 bits per heavy atom. The topological polar surface area (TPSA) is 38.3 Å². The van der Waals surface area contributed by atoms with Crippen molar-refractivity contribution < 1.29 is 9.53 Å². The predicted molar refractivity (Wildman–Crippen MR) is 58.6 cm³/mol. The molecule has 3 nitrogen and oxygen atoms in total. The number of fused-ring (bicyclic) bond motifs is 1. The minimum atomic E-state index is -0.160. The summed E-state index contributed by atoms with van der Waals surface area (Å²) in [6.07, 6.45) is 2.08. The first-order valence-corrected chi connectivity index (χ1v) is 5.33. The zero-order chi connectivity index (χ0) is 10.7. The summed E-state index contributed by atoms with van der Waals surface area (Å²) in [6, 6.07) is 8.12. The molecule has 3 heteroatoms. The van der Waals surface area contributed by atoms with Crippen LogP contribution in [-0.2, 0) is 16.0 Å². The molecular formula is C12H15NO2. The summed E-state index contributed by atoms with van der Waals surface area (Å²) in [5.74, 6) is -0.146. The fourth-order valence-corrected chi connectivity index (χ4v) is 1.74. The van der Waals surface area contributed by atoms with E-state index < -0.39 is 0 Å². The monoisotopic (exact) mass is 205 g/mol. The van der Waals surface area contributed by atoms with Gasteiger partial charge < -0.3 is 10.1 Å². The van der Waals surface area contributed by atoms with Crippen LogP contribution in [0.3, 0.4) is 0 Å². The van der Waals surface area contributed by atoms with Gasteiger partial charge in [0.15, 0.2) is 6.23 Å². The largest absolute Gasteiger partial charge is 0.442 e. The molecule has 0 fully saturated rings. The summed E-state index contributed by atoms with van der Waals surface area (Å²) in [6.45, 7) is 1.80. The van der Waals surface area contributed by atoms with Crippen molar-refractivity contribution in [3.63, 3.8) is 0 Å². The van der Waals surface area contributed by atoms with Crippen LogP contribution in [0.4, 0.5) is 5.69 Å². The van der Waals surface area contributed by atoms with Gasteiger partial charge in [0.25, 0.3) is 0 Å². The maximum atomic E-state index is 11.1. The zero-order valence-corrected chi connectivity index (χ0v) is 8.82. The Morgan fingerprint density at radius 1 is 1.53 bits per heavy atom. The smallest absolute Gasteiger partial charge is 0.307 e. The van der Waals surface area contributed by atoms with E-state index in [9.17, 15) is 4.79 Å². The number of benzene rings is 1. The molecule has 0 aliphatic carbocycles. The van der Waals surface area contributed by atoms with Crippen molar-refractivity contribution in [3.05, 3.63) is 29.8 Å². The summed E-state index contributed by atoms with van der Waals surface area (Å²) in [7, 11) is 0. The van der Waals surface area contributed by atoms with Gasteiger partial charge in [0.05, 0.1) is 0 Å². The van der Waals surface area contributed by atoms with Gasteiger partial charge in [-0.3, -0.25) is 4.79 Å². The van der Waals surface area contributed by atoms with E-state index in [1.165, 1.54) is 5.56 Å². The predicted octanol–water partition coefficient (Wildman–Crippen LogP) is 2.32. The molecule has 1 aliphatic rings. The summed E-state index contributed by atoms with van der Waals surface area (Å²) in [5.41, 5.74) is 2.37. The molecule has 0 bridgehead atoms. The number of ether oxygens (including phenoxy) is 1.